The van der Waals surface area contributed by atoms with E-state index in [0.717, 1.165) is 25.7 Å². The van der Waals surface area contributed by atoms with Crippen LogP contribution in [0.5, 0.6) is 0 Å². The van der Waals surface area contributed by atoms with E-state index in [4.69, 9.17) is 9.47 Å². The van der Waals surface area contributed by atoms with Gasteiger partial charge in [-0.25, -0.2) is 4.79 Å². The standard InChI is InChI=1S/C12H21NO2.C12H23NO/c1-6-10(14)15-9-7-11(2,3)13-12(4,5)8-9;1-6-7-14-10-8-11(2,3)13-12(4,5)9-10/h6,9,13H,1,7-8H2,2-5H3;6-7,10,13H,8-9H2,1-5H3. The maximum absolute atomic E-state index is 11.1. The molecule has 2 heterocycles. The van der Waals surface area contributed by atoms with Crippen LogP contribution >= 0.6 is 0 Å². The average Bonchev–Trinajstić information content (AvgIpc) is 2.47. The summed E-state index contributed by atoms with van der Waals surface area (Å²) in [5.41, 5.74) is 0.365. The van der Waals surface area contributed by atoms with Crippen LogP contribution in [-0.4, -0.2) is 40.3 Å². The van der Waals surface area contributed by atoms with Crippen molar-refractivity contribution in [1.29, 1.82) is 0 Å². The Morgan fingerprint density at radius 2 is 1.21 bits per heavy atom. The van der Waals surface area contributed by atoms with Gasteiger partial charge in [-0.3, -0.25) is 0 Å². The van der Waals surface area contributed by atoms with E-state index in [1.807, 2.05) is 19.3 Å². The molecule has 0 atom stereocenters. The normalized spacial score (nSPS) is 25.6. The Morgan fingerprint density at radius 1 is 0.828 bits per heavy atom. The molecule has 2 saturated heterocycles. The van der Waals surface area contributed by atoms with Crippen LogP contribution in [0.25, 0.3) is 0 Å². The van der Waals surface area contributed by atoms with Gasteiger partial charge < -0.3 is 20.1 Å². The molecule has 2 aliphatic rings. The summed E-state index contributed by atoms with van der Waals surface area (Å²) < 4.78 is 11.0. The molecule has 5 nitrogen and oxygen atoms in total. The number of allylic oxidation sites excluding steroid dienone is 1. The molecule has 0 radical (unpaired) electrons. The van der Waals surface area contributed by atoms with E-state index in [2.05, 4.69) is 72.6 Å². The molecule has 168 valence electrons. The van der Waals surface area contributed by atoms with Crippen molar-refractivity contribution < 1.29 is 14.3 Å². The molecule has 0 bridgehead atoms. The fraction of sp³-hybridized carbons (Fsp3) is 0.792. The highest BCUT2D eigenvalue weighted by atomic mass is 16.5. The molecular weight excluding hydrogens is 364 g/mol. The van der Waals surface area contributed by atoms with Crippen molar-refractivity contribution in [3.05, 3.63) is 25.0 Å². The van der Waals surface area contributed by atoms with Gasteiger partial charge in [0.25, 0.3) is 0 Å². The molecule has 2 aliphatic heterocycles. The third-order valence-corrected chi connectivity index (χ3v) is 5.16. The number of rotatable bonds is 4. The van der Waals surface area contributed by atoms with Gasteiger partial charge in [-0.15, -0.1) is 0 Å². The molecule has 2 N–H and O–H groups in total. The molecule has 0 aromatic heterocycles. The van der Waals surface area contributed by atoms with Gasteiger partial charge in [0, 0.05) is 53.9 Å². The summed E-state index contributed by atoms with van der Waals surface area (Å²) in [7, 11) is 0. The second-order valence-electron chi connectivity index (χ2n) is 11.1. The van der Waals surface area contributed by atoms with Crippen LogP contribution in [0.3, 0.4) is 0 Å². The molecule has 0 aromatic rings. The first-order valence-electron chi connectivity index (χ1n) is 10.8. The van der Waals surface area contributed by atoms with Gasteiger partial charge in [0.2, 0.25) is 0 Å². The summed E-state index contributed by atoms with van der Waals surface area (Å²) in [6, 6.07) is 0. The number of nitrogens with one attached hydrogen (secondary N) is 2. The molecule has 0 saturated carbocycles. The molecule has 2 fully saturated rings. The second kappa shape index (κ2) is 9.65. The minimum Gasteiger partial charge on any atom is -0.498 e. The maximum Gasteiger partial charge on any atom is 0.330 e. The van der Waals surface area contributed by atoms with Gasteiger partial charge in [-0.2, -0.15) is 0 Å². The lowest BCUT2D eigenvalue weighted by Crippen LogP contribution is -2.59. The minimum atomic E-state index is -0.325. The molecule has 0 aliphatic carbocycles. The summed E-state index contributed by atoms with van der Waals surface area (Å²) >= 11 is 0. The van der Waals surface area contributed by atoms with Crippen molar-refractivity contribution in [1.82, 2.24) is 10.6 Å². The Hall–Kier alpha value is -1.33. The molecular formula is C24H44N2O3. The van der Waals surface area contributed by atoms with Gasteiger partial charge >= 0.3 is 5.97 Å². The number of ether oxygens (including phenoxy) is 2. The minimum absolute atomic E-state index is 0.00780. The molecule has 0 amide bonds. The smallest absolute Gasteiger partial charge is 0.330 e. The lowest BCUT2D eigenvalue weighted by atomic mass is 9.81. The van der Waals surface area contributed by atoms with Crippen molar-refractivity contribution in [2.75, 3.05) is 0 Å². The maximum atomic E-state index is 11.1. The fourth-order valence-corrected chi connectivity index (χ4v) is 5.04. The van der Waals surface area contributed by atoms with Crippen molar-refractivity contribution >= 4 is 5.97 Å². The van der Waals surface area contributed by atoms with Gasteiger partial charge in [0.15, 0.2) is 0 Å². The van der Waals surface area contributed by atoms with Gasteiger partial charge in [-0.05, 0) is 62.3 Å². The van der Waals surface area contributed by atoms with E-state index in [1.54, 1.807) is 0 Å². The summed E-state index contributed by atoms with van der Waals surface area (Å²) in [4.78, 5) is 11.1. The van der Waals surface area contributed by atoms with Crippen LogP contribution in [0, 0.1) is 0 Å². The van der Waals surface area contributed by atoms with Crippen molar-refractivity contribution in [2.45, 2.75) is 122 Å². The Kier molecular flexibility index (Phi) is 8.56. The summed E-state index contributed by atoms with van der Waals surface area (Å²) in [5, 5.41) is 7.17. The lowest BCUT2D eigenvalue weighted by Gasteiger charge is -2.45. The number of esters is 1. The van der Waals surface area contributed by atoms with Crippen LogP contribution in [0.4, 0.5) is 0 Å². The molecule has 0 unspecified atom stereocenters. The van der Waals surface area contributed by atoms with Crippen LogP contribution in [0.2, 0.25) is 0 Å². The first kappa shape index (κ1) is 25.7. The van der Waals surface area contributed by atoms with E-state index in [-0.39, 0.29) is 34.2 Å². The monoisotopic (exact) mass is 408 g/mol. The molecule has 29 heavy (non-hydrogen) atoms. The summed E-state index contributed by atoms with van der Waals surface area (Å²) in [6.07, 6.45) is 9.14. The zero-order chi connectivity index (χ0) is 22.5. The highest BCUT2D eigenvalue weighted by molar-refractivity contribution is 5.81. The Balaban J connectivity index is 0.000000291. The quantitative estimate of drug-likeness (QED) is 0.395. The summed E-state index contributed by atoms with van der Waals surface area (Å²) in [5.74, 6) is -0.325. The lowest BCUT2D eigenvalue weighted by molar-refractivity contribution is -0.146. The summed E-state index contributed by atoms with van der Waals surface area (Å²) in [6.45, 7) is 22.8. The van der Waals surface area contributed by atoms with E-state index in [1.165, 1.54) is 6.08 Å². The SMILES string of the molecule is C=CC(=O)OC1CC(C)(C)NC(C)(C)C1.CC=COC1CC(C)(C)NC(C)(C)C1. The first-order valence-corrected chi connectivity index (χ1v) is 10.8. The zero-order valence-electron chi connectivity index (χ0n) is 20.1. The Labute approximate surface area is 178 Å². The van der Waals surface area contributed by atoms with E-state index in [9.17, 15) is 4.79 Å². The molecule has 0 spiro atoms. The fourth-order valence-electron chi connectivity index (χ4n) is 5.04. The predicted molar refractivity (Wildman–Crippen MR) is 121 cm³/mol. The van der Waals surface area contributed by atoms with E-state index < -0.39 is 0 Å². The second-order valence-corrected chi connectivity index (χ2v) is 11.1. The molecule has 5 heteroatoms. The zero-order valence-corrected chi connectivity index (χ0v) is 20.1. The number of hydrogen-bond donors (Lipinski definition) is 2. The third-order valence-electron chi connectivity index (χ3n) is 5.16. The Morgan fingerprint density at radius 3 is 1.55 bits per heavy atom. The van der Waals surface area contributed by atoms with Crippen LogP contribution in [0.15, 0.2) is 25.0 Å². The predicted octanol–water partition coefficient (Wildman–Crippen LogP) is 4.87. The highest BCUT2D eigenvalue weighted by Crippen LogP contribution is 2.31. The third kappa shape index (κ3) is 9.81. The number of carbonyl (C=O) groups excluding carboxylic acids is 1. The van der Waals surface area contributed by atoms with Crippen LogP contribution in [0.1, 0.15) is 88.0 Å². The highest BCUT2D eigenvalue weighted by Gasteiger charge is 2.39. The van der Waals surface area contributed by atoms with Gasteiger partial charge in [-0.1, -0.05) is 12.7 Å². The van der Waals surface area contributed by atoms with Crippen LogP contribution in [-0.2, 0) is 14.3 Å². The number of carbonyl (C=O) groups is 1. The van der Waals surface area contributed by atoms with E-state index in [0.29, 0.717) is 6.10 Å². The average molecular weight is 409 g/mol. The van der Waals surface area contributed by atoms with Gasteiger partial charge in [0.1, 0.15) is 12.2 Å². The topological polar surface area (TPSA) is 59.6 Å². The Bertz CT molecular complexity index is 559. The van der Waals surface area contributed by atoms with Crippen LogP contribution < -0.4 is 10.6 Å². The van der Waals surface area contributed by atoms with E-state index >= 15 is 0 Å². The van der Waals surface area contributed by atoms with Crippen molar-refractivity contribution in [2.24, 2.45) is 0 Å². The first-order chi connectivity index (χ1) is 13.1. The molecule has 2 rings (SSSR count). The van der Waals surface area contributed by atoms with Crippen molar-refractivity contribution in [3.63, 3.8) is 0 Å². The number of piperidine rings is 2. The largest absolute Gasteiger partial charge is 0.498 e. The number of hydrogen-bond acceptors (Lipinski definition) is 5. The molecule has 0 aromatic carbocycles. The van der Waals surface area contributed by atoms with Gasteiger partial charge in [0.05, 0.1) is 6.26 Å². The van der Waals surface area contributed by atoms with Crippen molar-refractivity contribution in [3.8, 4) is 0 Å².